The topological polar surface area (TPSA) is 107 Å². The number of para-hydroxylation sites is 1. The molecule has 0 spiro atoms. The molecule has 1 fully saturated rings. The van der Waals surface area contributed by atoms with Gasteiger partial charge in [0, 0.05) is 31.4 Å². The van der Waals surface area contributed by atoms with Crippen molar-refractivity contribution in [2.75, 3.05) is 19.8 Å². The molecule has 0 radical (unpaired) electrons. The Labute approximate surface area is 129 Å². The Hall–Kier alpha value is -1.99. The average Bonchev–Trinajstić information content (AvgIpc) is 2.55. The molecule has 7 nitrogen and oxygen atoms in total. The van der Waals surface area contributed by atoms with Crippen molar-refractivity contribution in [3.05, 3.63) is 39.9 Å². The lowest BCUT2D eigenvalue weighted by Crippen LogP contribution is -2.47. The quantitative estimate of drug-likeness (QED) is 0.602. The first-order chi connectivity index (χ1) is 10.6. The first kappa shape index (κ1) is 16.4. The summed E-state index contributed by atoms with van der Waals surface area (Å²) in [6.45, 7) is 1.62. The van der Waals surface area contributed by atoms with Crippen molar-refractivity contribution < 1.29 is 14.5 Å². The molecule has 0 bridgehead atoms. The number of hydrogen-bond donors (Lipinski definition) is 2. The average molecular weight is 307 g/mol. The van der Waals surface area contributed by atoms with Crippen LogP contribution >= 0.6 is 0 Å². The van der Waals surface area contributed by atoms with Crippen LogP contribution in [0.15, 0.2) is 24.3 Å². The molecule has 1 aromatic rings. The predicted octanol–water partition coefficient (Wildman–Crippen LogP) is 1.01. The Kier molecular flexibility index (Phi) is 5.85. The lowest BCUT2D eigenvalue weighted by atomic mass is 9.92. The summed E-state index contributed by atoms with van der Waals surface area (Å²) in [6.07, 6.45) is 1.99. The standard InChI is InChI=1S/C15H21N3O4/c16-14(12-6-9-22-10-7-12)15(19)17-8-5-11-3-1-2-4-13(11)18(20)21/h1-4,12,14H,5-10,16H2,(H,17,19). The Morgan fingerprint density at radius 3 is 2.77 bits per heavy atom. The molecular formula is C15H21N3O4. The monoisotopic (exact) mass is 307 g/mol. The molecular weight excluding hydrogens is 286 g/mol. The predicted molar refractivity (Wildman–Crippen MR) is 81.3 cm³/mol. The molecule has 1 amide bonds. The van der Waals surface area contributed by atoms with Crippen LogP contribution in [0.2, 0.25) is 0 Å². The van der Waals surface area contributed by atoms with Crippen LogP contribution in [0.3, 0.4) is 0 Å². The molecule has 1 aliphatic heterocycles. The number of nitrogens with one attached hydrogen (secondary N) is 1. The second-order valence-corrected chi connectivity index (χ2v) is 5.40. The van der Waals surface area contributed by atoms with Gasteiger partial charge in [-0.1, -0.05) is 18.2 Å². The lowest BCUT2D eigenvalue weighted by Gasteiger charge is -2.26. The van der Waals surface area contributed by atoms with E-state index in [1.165, 1.54) is 6.07 Å². The minimum atomic E-state index is -0.547. The SMILES string of the molecule is NC(C(=O)NCCc1ccccc1[N+](=O)[O-])C1CCOCC1. The maximum Gasteiger partial charge on any atom is 0.272 e. The summed E-state index contributed by atoms with van der Waals surface area (Å²) in [5.74, 6) is -0.0645. The molecule has 1 atom stereocenters. The van der Waals surface area contributed by atoms with Crippen LogP contribution in [0.25, 0.3) is 0 Å². The Morgan fingerprint density at radius 2 is 2.09 bits per heavy atom. The summed E-state index contributed by atoms with van der Waals surface area (Å²) in [5.41, 5.74) is 6.65. The van der Waals surface area contributed by atoms with E-state index in [2.05, 4.69) is 5.32 Å². The van der Waals surface area contributed by atoms with Crippen LogP contribution in [0.4, 0.5) is 5.69 Å². The molecule has 0 saturated carbocycles. The zero-order valence-electron chi connectivity index (χ0n) is 12.4. The van der Waals surface area contributed by atoms with Gasteiger partial charge in [0.15, 0.2) is 0 Å². The third-order valence-electron chi connectivity index (χ3n) is 3.96. The molecule has 1 saturated heterocycles. The highest BCUT2D eigenvalue weighted by atomic mass is 16.6. The molecule has 1 heterocycles. The van der Waals surface area contributed by atoms with Gasteiger partial charge in [0.25, 0.3) is 5.69 Å². The number of amides is 1. The highest BCUT2D eigenvalue weighted by Gasteiger charge is 2.26. The van der Waals surface area contributed by atoms with Gasteiger partial charge >= 0.3 is 0 Å². The molecule has 3 N–H and O–H groups in total. The largest absolute Gasteiger partial charge is 0.381 e. The van der Waals surface area contributed by atoms with Gasteiger partial charge < -0.3 is 15.8 Å². The maximum atomic E-state index is 12.0. The second kappa shape index (κ2) is 7.86. The second-order valence-electron chi connectivity index (χ2n) is 5.40. The number of nitrogens with two attached hydrogens (primary N) is 1. The van der Waals surface area contributed by atoms with Gasteiger partial charge in [-0.25, -0.2) is 0 Å². The summed E-state index contributed by atoms with van der Waals surface area (Å²) in [7, 11) is 0. The minimum Gasteiger partial charge on any atom is -0.381 e. The van der Waals surface area contributed by atoms with Crippen LogP contribution in [0.5, 0.6) is 0 Å². The lowest BCUT2D eigenvalue weighted by molar-refractivity contribution is -0.385. The summed E-state index contributed by atoms with van der Waals surface area (Å²) in [5, 5.41) is 13.7. The van der Waals surface area contributed by atoms with Crippen LogP contribution in [0.1, 0.15) is 18.4 Å². The van der Waals surface area contributed by atoms with Gasteiger partial charge in [0.1, 0.15) is 0 Å². The Balaban J connectivity index is 1.83. The van der Waals surface area contributed by atoms with Gasteiger partial charge in [0.05, 0.1) is 11.0 Å². The van der Waals surface area contributed by atoms with Crippen LogP contribution in [-0.4, -0.2) is 36.6 Å². The summed E-state index contributed by atoms with van der Waals surface area (Å²) >= 11 is 0. The third kappa shape index (κ3) is 4.25. The third-order valence-corrected chi connectivity index (χ3v) is 3.96. The number of ether oxygens (including phenoxy) is 1. The van der Waals surface area contributed by atoms with E-state index < -0.39 is 11.0 Å². The molecule has 1 aromatic carbocycles. The van der Waals surface area contributed by atoms with Crippen molar-refractivity contribution in [3.8, 4) is 0 Å². The minimum absolute atomic E-state index is 0.0745. The fraction of sp³-hybridized carbons (Fsp3) is 0.533. The van der Waals surface area contributed by atoms with Crippen molar-refractivity contribution in [1.29, 1.82) is 0 Å². The molecule has 1 aliphatic rings. The molecule has 0 aliphatic carbocycles. The number of carbonyl (C=O) groups is 1. The van der Waals surface area contributed by atoms with Crippen LogP contribution in [0, 0.1) is 16.0 Å². The number of carbonyl (C=O) groups excluding carboxylic acids is 1. The molecule has 0 aromatic heterocycles. The Bertz CT molecular complexity index is 529. The van der Waals surface area contributed by atoms with Crippen molar-refractivity contribution >= 4 is 11.6 Å². The van der Waals surface area contributed by atoms with E-state index in [0.717, 1.165) is 12.8 Å². The number of hydrogen-bond acceptors (Lipinski definition) is 5. The van der Waals surface area contributed by atoms with E-state index in [9.17, 15) is 14.9 Å². The van der Waals surface area contributed by atoms with Gasteiger partial charge in [0.2, 0.25) is 5.91 Å². The number of benzene rings is 1. The summed E-state index contributed by atoms with van der Waals surface area (Å²) in [4.78, 5) is 22.5. The van der Waals surface area contributed by atoms with E-state index >= 15 is 0 Å². The number of nitro groups is 1. The summed E-state index contributed by atoms with van der Waals surface area (Å²) in [6, 6.07) is 5.99. The molecule has 2 rings (SSSR count). The number of nitro benzene ring substituents is 1. The van der Waals surface area contributed by atoms with E-state index in [4.69, 9.17) is 10.5 Å². The Morgan fingerprint density at radius 1 is 1.41 bits per heavy atom. The van der Waals surface area contributed by atoms with E-state index in [1.54, 1.807) is 18.2 Å². The normalized spacial score (nSPS) is 17.0. The van der Waals surface area contributed by atoms with E-state index in [0.29, 0.717) is 31.7 Å². The van der Waals surface area contributed by atoms with Crippen LogP contribution < -0.4 is 11.1 Å². The fourth-order valence-electron chi connectivity index (χ4n) is 2.63. The first-order valence-electron chi connectivity index (χ1n) is 7.43. The molecule has 120 valence electrons. The van der Waals surface area contributed by atoms with Crippen molar-refractivity contribution in [3.63, 3.8) is 0 Å². The van der Waals surface area contributed by atoms with Crippen molar-refractivity contribution in [1.82, 2.24) is 5.32 Å². The fourth-order valence-corrected chi connectivity index (χ4v) is 2.63. The van der Waals surface area contributed by atoms with Gasteiger partial charge in [-0.2, -0.15) is 0 Å². The molecule has 22 heavy (non-hydrogen) atoms. The van der Waals surface area contributed by atoms with E-state index in [1.807, 2.05) is 0 Å². The highest BCUT2D eigenvalue weighted by Crippen LogP contribution is 2.19. The van der Waals surface area contributed by atoms with Crippen molar-refractivity contribution in [2.45, 2.75) is 25.3 Å². The number of nitrogens with zero attached hydrogens (tertiary/aromatic N) is 1. The maximum absolute atomic E-state index is 12.0. The summed E-state index contributed by atoms with van der Waals surface area (Å²) < 4.78 is 5.25. The van der Waals surface area contributed by atoms with Crippen molar-refractivity contribution in [2.24, 2.45) is 11.7 Å². The smallest absolute Gasteiger partial charge is 0.272 e. The molecule has 7 heteroatoms. The number of rotatable bonds is 6. The van der Waals surface area contributed by atoms with Crippen LogP contribution in [-0.2, 0) is 16.0 Å². The van der Waals surface area contributed by atoms with Gasteiger partial charge in [-0.3, -0.25) is 14.9 Å². The highest BCUT2D eigenvalue weighted by molar-refractivity contribution is 5.81. The van der Waals surface area contributed by atoms with Gasteiger partial charge in [-0.15, -0.1) is 0 Å². The molecule has 1 unspecified atom stereocenters. The zero-order valence-corrected chi connectivity index (χ0v) is 12.4. The zero-order chi connectivity index (χ0) is 15.9. The van der Waals surface area contributed by atoms with E-state index in [-0.39, 0.29) is 17.5 Å². The first-order valence-corrected chi connectivity index (χ1v) is 7.43. The van der Waals surface area contributed by atoms with Gasteiger partial charge in [-0.05, 0) is 25.2 Å².